The van der Waals surface area contributed by atoms with Crippen molar-refractivity contribution in [2.24, 2.45) is 0 Å². The summed E-state index contributed by atoms with van der Waals surface area (Å²) in [5.74, 6) is -0.514. The first-order valence-corrected chi connectivity index (χ1v) is 4.52. The Bertz CT molecular complexity index is 523. The summed E-state index contributed by atoms with van der Waals surface area (Å²) in [4.78, 5) is 15.4. The van der Waals surface area contributed by atoms with Crippen molar-refractivity contribution in [1.29, 1.82) is 0 Å². The number of hydrogen-bond acceptors (Lipinski definition) is 3. The second-order valence-corrected chi connectivity index (χ2v) is 3.30. The lowest BCUT2D eigenvalue weighted by molar-refractivity contribution is 0.0706. The lowest BCUT2D eigenvalue weighted by atomic mass is 10.1. The van der Waals surface area contributed by atoms with E-state index < -0.39 is 5.91 Å². The molecule has 0 fully saturated rings. The number of carbonyl (C=O) groups is 1. The number of aromatic nitrogens is 1. The van der Waals surface area contributed by atoms with E-state index in [1.54, 1.807) is 29.9 Å². The fourth-order valence-corrected chi connectivity index (χ4v) is 1.49. The van der Waals surface area contributed by atoms with E-state index in [0.717, 1.165) is 16.5 Å². The van der Waals surface area contributed by atoms with Crippen molar-refractivity contribution in [2.75, 3.05) is 0 Å². The van der Waals surface area contributed by atoms with Gasteiger partial charge in [-0.25, -0.2) is 5.48 Å². The second kappa shape index (κ2) is 3.67. The molecule has 0 radical (unpaired) electrons. The van der Waals surface area contributed by atoms with E-state index in [-0.39, 0.29) is 0 Å². The average molecular weight is 202 g/mol. The van der Waals surface area contributed by atoms with Crippen molar-refractivity contribution in [2.45, 2.75) is 6.92 Å². The number of benzene rings is 1. The van der Waals surface area contributed by atoms with Gasteiger partial charge < -0.3 is 0 Å². The molecule has 0 spiro atoms. The molecular weight excluding hydrogens is 192 g/mol. The highest BCUT2D eigenvalue weighted by atomic mass is 16.5. The first kappa shape index (κ1) is 9.61. The fraction of sp³-hybridized carbons (Fsp3) is 0.0909. The minimum absolute atomic E-state index is 0.418. The zero-order chi connectivity index (χ0) is 10.8. The van der Waals surface area contributed by atoms with Gasteiger partial charge in [0.2, 0.25) is 0 Å². The van der Waals surface area contributed by atoms with Crippen LogP contribution in [0.15, 0.2) is 30.5 Å². The van der Waals surface area contributed by atoms with Crippen LogP contribution in [0.1, 0.15) is 15.9 Å². The normalized spacial score (nSPS) is 10.3. The molecule has 0 unspecified atom stereocenters. The molecule has 0 bridgehead atoms. The Hall–Kier alpha value is -1.94. The molecule has 0 saturated heterocycles. The number of nitrogens with one attached hydrogen (secondary N) is 1. The third-order valence-electron chi connectivity index (χ3n) is 2.32. The second-order valence-electron chi connectivity index (χ2n) is 3.30. The van der Waals surface area contributed by atoms with Crippen molar-refractivity contribution in [3.05, 3.63) is 41.6 Å². The quantitative estimate of drug-likeness (QED) is 0.546. The molecule has 76 valence electrons. The first-order valence-electron chi connectivity index (χ1n) is 4.52. The number of amides is 1. The molecule has 4 heteroatoms. The van der Waals surface area contributed by atoms with E-state index in [9.17, 15) is 4.79 Å². The summed E-state index contributed by atoms with van der Waals surface area (Å²) in [6, 6.07) is 6.97. The molecule has 1 amide bonds. The molecular formula is C11H10N2O2. The monoisotopic (exact) mass is 202 g/mol. The molecule has 0 atom stereocenters. The molecule has 0 saturated carbocycles. The maximum atomic E-state index is 11.2. The van der Waals surface area contributed by atoms with Crippen LogP contribution in [0, 0.1) is 6.92 Å². The highest BCUT2D eigenvalue weighted by Gasteiger charge is 2.06. The van der Waals surface area contributed by atoms with Gasteiger partial charge in [0.25, 0.3) is 5.91 Å². The summed E-state index contributed by atoms with van der Waals surface area (Å²) in [6.07, 6.45) is 1.73. The number of hydroxylamine groups is 1. The number of fused-ring (bicyclic) bond motifs is 1. The third kappa shape index (κ3) is 1.67. The van der Waals surface area contributed by atoms with Crippen molar-refractivity contribution < 1.29 is 10.0 Å². The third-order valence-corrected chi connectivity index (χ3v) is 2.32. The summed E-state index contributed by atoms with van der Waals surface area (Å²) < 4.78 is 0. The molecule has 15 heavy (non-hydrogen) atoms. The first-order chi connectivity index (χ1) is 7.22. The Balaban J connectivity index is 2.64. The van der Waals surface area contributed by atoms with Crippen LogP contribution in [0.3, 0.4) is 0 Å². The molecule has 2 N–H and O–H groups in total. The van der Waals surface area contributed by atoms with Crippen LogP contribution in [0.5, 0.6) is 0 Å². The maximum Gasteiger partial charge on any atom is 0.274 e. The number of aryl methyl sites for hydroxylation is 1. The number of pyridine rings is 1. The molecule has 1 aromatic carbocycles. The molecule has 0 aliphatic heterocycles. The Morgan fingerprint density at radius 3 is 2.93 bits per heavy atom. The van der Waals surface area contributed by atoms with E-state index in [1.165, 1.54) is 0 Å². The van der Waals surface area contributed by atoms with Gasteiger partial charge in [-0.05, 0) is 36.8 Å². The van der Waals surface area contributed by atoms with Crippen molar-refractivity contribution in [3.8, 4) is 0 Å². The highest BCUT2D eigenvalue weighted by Crippen LogP contribution is 2.17. The van der Waals surface area contributed by atoms with Crippen LogP contribution >= 0.6 is 0 Å². The van der Waals surface area contributed by atoms with Gasteiger partial charge in [0.15, 0.2) is 0 Å². The summed E-state index contributed by atoms with van der Waals surface area (Å²) >= 11 is 0. The van der Waals surface area contributed by atoms with Crippen LogP contribution in [0.4, 0.5) is 0 Å². The molecule has 2 aromatic rings. The van der Waals surface area contributed by atoms with Crippen LogP contribution in [0.2, 0.25) is 0 Å². The largest absolute Gasteiger partial charge is 0.288 e. The molecule has 0 aliphatic carbocycles. The van der Waals surface area contributed by atoms with E-state index in [1.807, 2.05) is 13.0 Å². The molecule has 2 rings (SSSR count). The lowest BCUT2D eigenvalue weighted by Gasteiger charge is -2.03. The highest BCUT2D eigenvalue weighted by molar-refractivity contribution is 5.97. The summed E-state index contributed by atoms with van der Waals surface area (Å²) in [5, 5.41) is 9.43. The van der Waals surface area contributed by atoms with E-state index in [4.69, 9.17) is 5.21 Å². The van der Waals surface area contributed by atoms with Gasteiger partial charge in [-0.15, -0.1) is 0 Å². The molecule has 1 aromatic heterocycles. The number of carbonyl (C=O) groups excluding carboxylic acids is 1. The SMILES string of the molecule is Cc1ccnc2ccc(C(=O)NO)cc12. The Labute approximate surface area is 86.5 Å². The van der Waals surface area contributed by atoms with Gasteiger partial charge >= 0.3 is 0 Å². The van der Waals surface area contributed by atoms with E-state index in [2.05, 4.69) is 4.98 Å². The van der Waals surface area contributed by atoms with Crippen LogP contribution < -0.4 is 5.48 Å². The van der Waals surface area contributed by atoms with Gasteiger partial charge in [0.05, 0.1) is 5.52 Å². The Morgan fingerprint density at radius 2 is 2.20 bits per heavy atom. The minimum atomic E-state index is -0.514. The molecule has 1 heterocycles. The van der Waals surface area contributed by atoms with Crippen molar-refractivity contribution in [3.63, 3.8) is 0 Å². The van der Waals surface area contributed by atoms with Crippen molar-refractivity contribution in [1.82, 2.24) is 10.5 Å². The zero-order valence-corrected chi connectivity index (χ0v) is 8.19. The van der Waals surface area contributed by atoms with Crippen LogP contribution in [-0.4, -0.2) is 16.1 Å². The van der Waals surface area contributed by atoms with E-state index >= 15 is 0 Å². The molecule has 4 nitrogen and oxygen atoms in total. The zero-order valence-electron chi connectivity index (χ0n) is 8.19. The summed E-state index contributed by atoms with van der Waals surface area (Å²) in [7, 11) is 0. The summed E-state index contributed by atoms with van der Waals surface area (Å²) in [6.45, 7) is 1.95. The van der Waals surface area contributed by atoms with Crippen LogP contribution in [0.25, 0.3) is 10.9 Å². The van der Waals surface area contributed by atoms with Gasteiger partial charge in [0, 0.05) is 17.1 Å². The van der Waals surface area contributed by atoms with Crippen molar-refractivity contribution >= 4 is 16.8 Å². The number of rotatable bonds is 1. The minimum Gasteiger partial charge on any atom is -0.288 e. The number of hydrogen-bond donors (Lipinski definition) is 2. The summed E-state index contributed by atoms with van der Waals surface area (Å²) in [5.41, 5.74) is 3.91. The standard InChI is InChI=1S/C11H10N2O2/c1-7-4-5-12-10-3-2-8(6-9(7)10)11(14)13-15/h2-6,15H,1H3,(H,13,14). The topological polar surface area (TPSA) is 62.2 Å². The fourth-order valence-electron chi connectivity index (χ4n) is 1.49. The predicted octanol–water partition coefficient (Wildman–Crippen LogP) is 1.66. The maximum absolute atomic E-state index is 11.2. The average Bonchev–Trinajstić information content (AvgIpc) is 2.28. The van der Waals surface area contributed by atoms with E-state index in [0.29, 0.717) is 5.56 Å². The Kier molecular flexibility index (Phi) is 2.35. The molecule has 0 aliphatic rings. The predicted molar refractivity (Wildman–Crippen MR) is 55.7 cm³/mol. The van der Waals surface area contributed by atoms with Gasteiger partial charge in [-0.3, -0.25) is 15.0 Å². The Morgan fingerprint density at radius 1 is 1.40 bits per heavy atom. The lowest BCUT2D eigenvalue weighted by Crippen LogP contribution is -2.18. The van der Waals surface area contributed by atoms with Crippen LogP contribution in [-0.2, 0) is 0 Å². The number of nitrogens with zero attached hydrogens (tertiary/aromatic N) is 1. The van der Waals surface area contributed by atoms with Gasteiger partial charge in [0.1, 0.15) is 0 Å². The van der Waals surface area contributed by atoms with Gasteiger partial charge in [-0.2, -0.15) is 0 Å². The van der Waals surface area contributed by atoms with Gasteiger partial charge in [-0.1, -0.05) is 0 Å². The smallest absolute Gasteiger partial charge is 0.274 e.